The summed E-state index contributed by atoms with van der Waals surface area (Å²) in [7, 11) is 0. The highest BCUT2D eigenvalue weighted by atomic mass is 35.5. The molecule has 0 amide bonds. The van der Waals surface area contributed by atoms with E-state index in [1.54, 1.807) is 30.3 Å². The lowest BCUT2D eigenvalue weighted by Gasteiger charge is -2.09. The third-order valence-corrected chi connectivity index (χ3v) is 2.87. The fraction of sp³-hybridized carbons (Fsp3) is 0.133. The summed E-state index contributed by atoms with van der Waals surface area (Å²) in [5.41, 5.74) is 1.69. The number of halogens is 1. The first-order chi connectivity index (χ1) is 8.56. The standard InChI is InChI=1S/C15H13ClO2/c1-10-6-7-14(16)15(8-10)18-13-5-3-4-12(9-13)11(2)17/h3-9H,1-2H3. The molecule has 92 valence electrons. The second-order valence-corrected chi connectivity index (χ2v) is 4.53. The zero-order valence-corrected chi connectivity index (χ0v) is 11.0. The van der Waals surface area contributed by atoms with Crippen LogP contribution in [0.5, 0.6) is 11.5 Å². The van der Waals surface area contributed by atoms with Gasteiger partial charge in [0.2, 0.25) is 0 Å². The van der Waals surface area contributed by atoms with E-state index in [0.717, 1.165) is 5.56 Å². The van der Waals surface area contributed by atoms with Gasteiger partial charge in [-0.2, -0.15) is 0 Å². The van der Waals surface area contributed by atoms with Crippen LogP contribution in [0, 0.1) is 6.92 Å². The summed E-state index contributed by atoms with van der Waals surface area (Å²) < 4.78 is 5.70. The summed E-state index contributed by atoms with van der Waals surface area (Å²) in [6.07, 6.45) is 0. The van der Waals surface area contributed by atoms with Crippen molar-refractivity contribution < 1.29 is 9.53 Å². The molecule has 2 nitrogen and oxygen atoms in total. The molecule has 0 bridgehead atoms. The Morgan fingerprint density at radius 2 is 1.94 bits per heavy atom. The van der Waals surface area contributed by atoms with Crippen LogP contribution in [0.3, 0.4) is 0 Å². The predicted octanol–water partition coefficient (Wildman–Crippen LogP) is 4.64. The number of ether oxygens (including phenoxy) is 1. The molecule has 0 radical (unpaired) electrons. The molecule has 0 N–H and O–H groups in total. The first-order valence-electron chi connectivity index (χ1n) is 5.61. The largest absolute Gasteiger partial charge is 0.456 e. The van der Waals surface area contributed by atoms with Crippen molar-refractivity contribution in [2.75, 3.05) is 0 Å². The lowest BCUT2D eigenvalue weighted by Crippen LogP contribution is -1.93. The molecule has 0 aliphatic carbocycles. The molecular formula is C15H13ClO2. The van der Waals surface area contributed by atoms with Crippen molar-refractivity contribution in [3.8, 4) is 11.5 Å². The maximum Gasteiger partial charge on any atom is 0.159 e. The molecule has 2 rings (SSSR count). The van der Waals surface area contributed by atoms with E-state index in [2.05, 4.69) is 0 Å². The summed E-state index contributed by atoms with van der Waals surface area (Å²) in [6.45, 7) is 3.49. The van der Waals surface area contributed by atoms with Gasteiger partial charge in [-0.1, -0.05) is 29.8 Å². The Morgan fingerprint density at radius 3 is 2.67 bits per heavy atom. The number of carbonyl (C=O) groups is 1. The molecule has 2 aromatic rings. The Morgan fingerprint density at radius 1 is 1.17 bits per heavy atom. The van der Waals surface area contributed by atoms with Gasteiger partial charge < -0.3 is 4.74 Å². The van der Waals surface area contributed by atoms with Crippen molar-refractivity contribution >= 4 is 17.4 Å². The number of carbonyl (C=O) groups excluding carboxylic acids is 1. The quantitative estimate of drug-likeness (QED) is 0.752. The number of hydrogen-bond acceptors (Lipinski definition) is 2. The van der Waals surface area contributed by atoms with Crippen molar-refractivity contribution in [1.29, 1.82) is 0 Å². The van der Waals surface area contributed by atoms with E-state index >= 15 is 0 Å². The van der Waals surface area contributed by atoms with Crippen LogP contribution in [0.1, 0.15) is 22.8 Å². The van der Waals surface area contributed by atoms with Gasteiger partial charge in [0.15, 0.2) is 5.78 Å². The van der Waals surface area contributed by atoms with Crippen molar-refractivity contribution in [3.05, 3.63) is 58.6 Å². The molecule has 0 saturated carbocycles. The minimum atomic E-state index is 0.00999. The summed E-state index contributed by atoms with van der Waals surface area (Å²) >= 11 is 6.06. The van der Waals surface area contributed by atoms with Gasteiger partial charge >= 0.3 is 0 Å². The Kier molecular flexibility index (Phi) is 3.68. The minimum absolute atomic E-state index is 0.00999. The smallest absolute Gasteiger partial charge is 0.159 e. The monoisotopic (exact) mass is 260 g/mol. The molecule has 0 unspecified atom stereocenters. The van der Waals surface area contributed by atoms with E-state index < -0.39 is 0 Å². The molecule has 18 heavy (non-hydrogen) atoms. The topological polar surface area (TPSA) is 26.3 Å². The van der Waals surface area contributed by atoms with Crippen molar-refractivity contribution in [2.24, 2.45) is 0 Å². The Hall–Kier alpha value is -1.80. The highest BCUT2D eigenvalue weighted by Crippen LogP contribution is 2.30. The van der Waals surface area contributed by atoms with E-state index in [-0.39, 0.29) is 5.78 Å². The van der Waals surface area contributed by atoms with Gasteiger partial charge in [0, 0.05) is 5.56 Å². The third kappa shape index (κ3) is 2.90. The lowest BCUT2D eigenvalue weighted by molar-refractivity contribution is 0.101. The third-order valence-electron chi connectivity index (χ3n) is 2.56. The van der Waals surface area contributed by atoms with Gasteiger partial charge in [-0.3, -0.25) is 4.79 Å². The normalized spacial score (nSPS) is 10.2. The first-order valence-corrected chi connectivity index (χ1v) is 5.99. The number of ketones is 1. The SMILES string of the molecule is CC(=O)c1cccc(Oc2cc(C)ccc2Cl)c1. The molecule has 0 fully saturated rings. The number of aryl methyl sites for hydroxylation is 1. The molecule has 0 aliphatic heterocycles. The molecule has 0 atom stereocenters. The van der Waals surface area contributed by atoms with Gasteiger partial charge in [-0.05, 0) is 43.7 Å². The van der Waals surface area contributed by atoms with Crippen LogP contribution < -0.4 is 4.74 Å². The van der Waals surface area contributed by atoms with Crippen LogP contribution in [-0.4, -0.2) is 5.78 Å². The fourth-order valence-electron chi connectivity index (χ4n) is 1.59. The molecule has 0 aromatic heterocycles. The zero-order valence-electron chi connectivity index (χ0n) is 10.2. The summed E-state index contributed by atoms with van der Waals surface area (Å²) in [5.74, 6) is 1.21. The van der Waals surface area contributed by atoms with Crippen molar-refractivity contribution in [1.82, 2.24) is 0 Å². The summed E-state index contributed by atoms with van der Waals surface area (Å²) in [4.78, 5) is 11.3. The van der Waals surface area contributed by atoms with E-state index in [1.165, 1.54) is 6.92 Å². The second-order valence-electron chi connectivity index (χ2n) is 4.12. The van der Waals surface area contributed by atoms with Crippen LogP contribution in [0.2, 0.25) is 5.02 Å². The average molecular weight is 261 g/mol. The van der Waals surface area contributed by atoms with E-state index in [4.69, 9.17) is 16.3 Å². The van der Waals surface area contributed by atoms with Crippen LogP contribution >= 0.6 is 11.6 Å². The van der Waals surface area contributed by atoms with Crippen LogP contribution in [0.25, 0.3) is 0 Å². The Bertz CT molecular complexity index is 591. The molecular weight excluding hydrogens is 248 g/mol. The number of Topliss-reactive ketones (excluding diaryl/α,β-unsaturated/α-hetero) is 1. The summed E-state index contributed by atoms with van der Waals surface area (Å²) in [5, 5.41) is 0.550. The summed E-state index contributed by atoms with van der Waals surface area (Å²) in [6, 6.07) is 12.6. The fourth-order valence-corrected chi connectivity index (χ4v) is 1.75. The Balaban J connectivity index is 2.31. The van der Waals surface area contributed by atoms with Crippen molar-refractivity contribution in [2.45, 2.75) is 13.8 Å². The second kappa shape index (κ2) is 5.23. The van der Waals surface area contributed by atoms with Gasteiger partial charge in [-0.15, -0.1) is 0 Å². The average Bonchev–Trinajstić information content (AvgIpc) is 2.34. The molecule has 0 heterocycles. The van der Waals surface area contributed by atoms with Crippen LogP contribution in [0.15, 0.2) is 42.5 Å². The molecule has 0 spiro atoms. The van der Waals surface area contributed by atoms with E-state index in [9.17, 15) is 4.79 Å². The number of rotatable bonds is 3. The Labute approximate surface area is 111 Å². The number of hydrogen-bond donors (Lipinski definition) is 0. The highest BCUT2D eigenvalue weighted by Gasteiger charge is 2.05. The maximum atomic E-state index is 11.3. The van der Waals surface area contributed by atoms with Gasteiger partial charge in [0.25, 0.3) is 0 Å². The minimum Gasteiger partial charge on any atom is -0.456 e. The van der Waals surface area contributed by atoms with Gasteiger partial charge in [0.05, 0.1) is 5.02 Å². The van der Waals surface area contributed by atoms with Gasteiger partial charge in [-0.25, -0.2) is 0 Å². The molecule has 0 aliphatic rings. The van der Waals surface area contributed by atoms with E-state index in [0.29, 0.717) is 22.1 Å². The lowest BCUT2D eigenvalue weighted by atomic mass is 10.1. The molecule has 3 heteroatoms. The first kappa shape index (κ1) is 12.7. The zero-order chi connectivity index (χ0) is 13.1. The number of benzene rings is 2. The predicted molar refractivity (Wildman–Crippen MR) is 72.7 cm³/mol. The van der Waals surface area contributed by atoms with E-state index in [1.807, 2.05) is 19.1 Å². The van der Waals surface area contributed by atoms with Gasteiger partial charge in [0.1, 0.15) is 11.5 Å². The molecule has 2 aromatic carbocycles. The van der Waals surface area contributed by atoms with Crippen LogP contribution in [0.4, 0.5) is 0 Å². The molecule has 0 saturated heterocycles. The van der Waals surface area contributed by atoms with Crippen molar-refractivity contribution in [3.63, 3.8) is 0 Å². The van der Waals surface area contributed by atoms with Crippen LogP contribution in [-0.2, 0) is 0 Å². The maximum absolute atomic E-state index is 11.3. The highest BCUT2D eigenvalue weighted by molar-refractivity contribution is 6.32.